The number of aryl methyl sites for hydroxylation is 1. The first-order chi connectivity index (χ1) is 11.2. The first kappa shape index (κ1) is 16.2. The lowest BCUT2D eigenvalue weighted by Crippen LogP contribution is -2.14. The molecule has 2 aromatic carbocycles. The van der Waals surface area contributed by atoms with Gasteiger partial charge < -0.3 is 0 Å². The Hall–Kier alpha value is -1.63. The molecule has 0 heterocycles. The predicted molar refractivity (Wildman–Crippen MR) is 97.4 cm³/mol. The fourth-order valence-corrected chi connectivity index (χ4v) is 4.01. The monoisotopic (exact) mass is 310 g/mol. The van der Waals surface area contributed by atoms with Gasteiger partial charge in [-0.2, -0.15) is 0 Å². The van der Waals surface area contributed by atoms with Gasteiger partial charge in [-0.25, -0.2) is 4.39 Å². The Morgan fingerprint density at radius 1 is 1.13 bits per heavy atom. The third-order valence-corrected chi connectivity index (χ3v) is 5.52. The molecule has 0 amide bonds. The minimum atomic E-state index is 0.0136. The maximum absolute atomic E-state index is 15.0. The molecule has 0 atom stereocenters. The van der Waals surface area contributed by atoms with Crippen LogP contribution in [0.5, 0.6) is 0 Å². The highest BCUT2D eigenvalue weighted by molar-refractivity contribution is 5.84. The molecule has 1 heteroatoms. The average molecular weight is 310 g/mol. The molecule has 0 nitrogen and oxygen atoms in total. The first-order valence-corrected chi connectivity index (χ1v) is 9.04. The fraction of sp³-hybridized carbons (Fsp3) is 0.455. The van der Waals surface area contributed by atoms with Crippen LogP contribution < -0.4 is 0 Å². The predicted octanol–water partition coefficient (Wildman–Crippen LogP) is 6.78. The van der Waals surface area contributed by atoms with Gasteiger partial charge in [-0.1, -0.05) is 43.3 Å². The number of hydrogen-bond acceptors (Lipinski definition) is 0. The maximum Gasteiger partial charge on any atom is 0.134 e. The summed E-state index contributed by atoms with van der Waals surface area (Å²) in [5, 5.41) is 1.82. The van der Waals surface area contributed by atoms with Gasteiger partial charge in [0.05, 0.1) is 0 Å². The lowest BCUT2D eigenvalue weighted by molar-refractivity contribution is 0.308. The second-order valence-corrected chi connectivity index (χ2v) is 6.96. The van der Waals surface area contributed by atoms with Crippen molar-refractivity contribution in [3.63, 3.8) is 0 Å². The summed E-state index contributed by atoms with van der Waals surface area (Å²) in [6.07, 6.45) is 10.1. The highest BCUT2D eigenvalue weighted by atomic mass is 19.1. The number of hydrogen-bond donors (Lipinski definition) is 0. The molecule has 1 fully saturated rings. The molecule has 0 aromatic heterocycles. The number of allylic oxidation sites excluding steroid dienone is 1. The molecule has 3 rings (SSSR count). The molecular weight excluding hydrogens is 283 g/mol. The Labute approximate surface area is 139 Å². The molecule has 2 aromatic rings. The van der Waals surface area contributed by atoms with Crippen molar-refractivity contribution in [2.75, 3.05) is 0 Å². The number of rotatable bonds is 5. The second-order valence-electron chi connectivity index (χ2n) is 6.96. The van der Waals surface area contributed by atoms with Gasteiger partial charge in [0.15, 0.2) is 0 Å². The van der Waals surface area contributed by atoms with E-state index in [1.165, 1.54) is 24.8 Å². The van der Waals surface area contributed by atoms with Crippen LogP contribution in [0, 0.1) is 11.7 Å². The normalized spacial score (nSPS) is 21.5. The van der Waals surface area contributed by atoms with Gasteiger partial charge in [0, 0.05) is 5.39 Å². The molecule has 0 spiro atoms. The Morgan fingerprint density at radius 3 is 2.61 bits per heavy atom. The molecule has 23 heavy (non-hydrogen) atoms. The average Bonchev–Trinajstić information content (AvgIpc) is 2.60. The van der Waals surface area contributed by atoms with E-state index < -0.39 is 0 Å². The largest absolute Gasteiger partial charge is 0.206 e. The molecular formula is C22H27F. The van der Waals surface area contributed by atoms with Gasteiger partial charge in [0.25, 0.3) is 0 Å². The van der Waals surface area contributed by atoms with Crippen LogP contribution in [-0.4, -0.2) is 0 Å². The highest BCUT2D eigenvalue weighted by Gasteiger charge is 2.24. The topological polar surface area (TPSA) is 0 Å². The van der Waals surface area contributed by atoms with Crippen LogP contribution in [0.25, 0.3) is 10.8 Å². The zero-order valence-electron chi connectivity index (χ0n) is 14.2. The van der Waals surface area contributed by atoms with E-state index in [0.29, 0.717) is 5.92 Å². The van der Waals surface area contributed by atoms with E-state index in [1.807, 2.05) is 18.2 Å². The Morgan fingerprint density at radius 2 is 1.91 bits per heavy atom. The van der Waals surface area contributed by atoms with Gasteiger partial charge in [0.2, 0.25) is 0 Å². The van der Waals surface area contributed by atoms with E-state index in [4.69, 9.17) is 0 Å². The third kappa shape index (κ3) is 3.49. The smallest absolute Gasteiger partial charge is 0.134 e. The molecule has 0 radical (unpaired) electrons. The summed E-state index contributed by atoms with van der Waals surface area (Å²) >= 11 is 0. The Kier molecular flexibility index (Phi) is 5.15. The summed E-state index contributed by atoms with van der Waals surface area (Å²) in [4.78, 5) is 0. The van der Waals surface area contributed by atoms with Crippen LogP contribution in [0.15, 0.2) is 43.0 Å². The van der Waals surface area contributed by atoms with Crippen LogP contribution in [0.2, 0.25) is 0 Å². The number of benzene rings is 2. The SMILES string of the molecule is C=CCCC1CCC(c2ccc3cc(CC)ccc3c2F)CC1. The van der Waals surface area contributed by atoms with Gasteiger partial charge in [0.1, 0.15) is 5.82 Å². The Bertz CT molecular complexity index is 678. The van der Waals surface area contributed by atoms with Gasteiger partial charge >= 0.3 is 0 Å². The van der Waals surface area contributed by atoms with Crippen LogP contribution in [-0.2, 0) is 6.42 Å². The third-order valence-electron chi connectivity index (χ3n) is 5.52. The Balaban J connectivity index is 1.78. The van der Waals surface area contributed by atoms with Crippen molar-refractivity contribution in [2.45, 2.75) is 57.8 Å². The van der Waals surface area contributed by atoms with Crippen molar-refractivity contribution >= 4 is 10.8 Å². The number of fused-ring (bicyclic) bond motifs is 1. The molecule has 1 saturated carbocycles. The molecule has 1 aliphatic carbocycles. The van der Waals surface area contributed by atoms with E-state index in [-0.39, 0.29) is 5.82 Å². The molecule has 0 unspecified atom stereocenters. The summed E-state index contributed by atoms with van der Waals surface area (Å²) in [6.45, 7) is 5.95. The van der Waals surface area contributed by atoms with Crippen molar-refractivity contribution in [1.29, 1.82) is 0 Å². The summed E-state index contributed by atoms with van der Waals surface area (Å²) in [6, 6.07) is 10.3. The maximum atomic E-state index is 15.0. The van der Waals surface area contributed by atoms with Crippen molar-refractivity contribution in [3.8, 4) is 0 Å². The highest BCUT2D eigenvalue weighted by Crippen LogP contribution is 2.39. The molecule has 1 aliphatic rings. The van der Waals surface area contributed by atoms with Gasteiger partial charge in [-0.05, 0) is 73.3 Å². The molecule has 0 N–H and O–H groups in total. The van der Waals surface area contributed by atoms with Crippen molar-refractivity contribution in [1.82, 2.24) is 0 Å². The molecule has 122 valence electrons. The van der Waals surface area contributed by atoms with E-state index in [0.717, 1.165) is 47.9 Å². The van der Waals surface area contributed by atoms with Crippen molar-refractivity contribution < 1.29 is 4.39 Å². The lowest BCUT2D eigenvalue weighted by atomic mass is 9.76. The second kappa shape index (κ2) is 7.29. The summed E-state index contributed by atoms with van der Waals surface area (Å²) in [5.74, 6) is 1.21. The van der Waals surface area contributed by atoms with Gasteiger partial charge in [-0.15, -0.1) is 6.58 Å². The van der Waals surface area contributed by atoms with E-state index in [1.54, 1.807) is 0 Å². The zero-order chi connectivity index (χ0) is 16.2. The van der Waals surface area contributed by atoms with Crippen molar-refractivity contribution in [2.24, 2.45) is 5.92 Å². The fourth-order valence-electron chi connectivity index (χ4n) is 4.01. The zero-order valence-corrected chi connectivity index (χ0v) is 14.2. The molecule has 0 saturated heterocycles. The summed E-state index contributed by atoms with van der Waals surface area (Å²) in [7, 11) is 0. The van der Waals surface area contributed by atoms with E-state index in [2.05, 4.69) is 31.7 Å². The van der Waals surface area contributed by atoms with Crippen LogP contribution >= 0.6 is 0 Å². The van der Waals surface area contributed by atoms with Gasteiger partial charge in [-0.3, -0.25) is 0 Å². The van der Waals surface area contributed by atoms with Crippen LogP contribution in [0.1, 0.15) is 62.5 Å². The van der Waals surface area contributed by atoms with Crippen LogP contribution in [0.4, 0.5) is 4.39 Å². The van der Waals surface area contributed by atoms with E-state index >= 15 is 0 Å². The number of halogens is 1. The van der Waals surface area contributed by atoms with Crippen molar-refractivity contribution in [3.05, 3.63) is 59.9 Å². The van der Waals surface area contributed by atoms with Crippen LogP contribution in [0.3, 0.4) is 0 Å². The summed E-state index contributed by atoms with van der Waals surface area (Å²) in [5.41, 5.74) is 2.20. The first-order valence-electron chi connectivity index (χ1n) is 9.04. The molecule has 0 bridgehead atoms. The summed E-state index contributed by atoms with van der Waals surface area (Å²) < 4.78 is 15.0. The minimum Gasteiger partial charge on any atom is -0.206 e. The lowest BCUT2D eigenvalue weighted by Gasteiger charge is -2.29. The minimum absolute atomic E-state index is 0.0136. The standard InChI is InChI=1S/C22H27F/c1-3-5-6-17-7-10-18(11-8-17)20-14-12-19-15-16(4-2)9-13-21(19)22(20)23/h3,9,12-15,17-18H,1,4-8,10-11H2,2H3. The quantitative estimate of drug-likeness (QED) is 0.534. The van der Waals surface area contributed by atoms with E-state index in [9.17, 15) is 4.39 Å². The molecule has 0 aliphatic heterocycles.